The first-order chi connectivity index (χ1) is 12.4. The van der Waals surface area contributed by atoms with E-state index in [-0.39, 0.29) is 10.8 Å². The van der Waals surface area contributed by atoms with Crippen LogP contribution in [0.5, 0.6) is 11.5 Å². The second-order valence-electron chi connectivity index (χ2n) is 6.45. The van der Waals surface area contributed by atoms with E-state index in [1.807, 2.05) is 0 Å². The number of carbonyl (C=O) groups excluding carboxylic acids is 1. The Labute approximate surface area is 152 Å². The Morgan fingerprint density at radius 1 is 1.19 bits per heavy atom. The lowest BCUT2D eigenvalue weighted by Gasteiger charge is -2.31. The van der Waals surface area contributed by atoms with Crippen LogP contribution in [0.4, 0.5) is 11.4 Å². The summed E-state index contributed by atoms with van der Waals surface area (Å²) in [5.74, 6) is 0.761. The van der Waals surface area contributed by atoms with Gasteiger partial charge in [-0.05, 0) is 37.1 Å². The van der Waals surface area contributed by atoms with E-state index >= 15 is 0 Å². The normalized spacial score (nSPS) is 18.1. The molecule has 0 atom stereocenters. The zero-order valence-electron chi connectivity index (χ0n) is 14.2. The fourth-order valence-corrected chi connectivity index (χ4v) is 4.21. The molecule has 7 nitrogen and oxygen atoms in total. The summed E-state index contributed by atoms with van der Waals surface area (Å²) >= 11 is 0. The predicted octanol–water partition coefficient (Wildman–Crippen LogP) is 2.66. The van der Waals surface area contributed by atoms with Gasteiger partial charge in [-0.2, -0.15) is 4.72 Å². The number of hydrogen-bond acceptors (Lipinski definition) is 5. The van der Waals surface area contributed by atoms with Crippen molar-refractivity contribution in [1.29, 1.82) is 0 Å². The molecule has 1 saturated carbocycles. The predicted molar refractivity (Wildman–Crippen MR) is 98.0 cm³/mol. The molecular formula is C18H19N3O4S. The standard InChI is InChI=1S/C18H19N3O4S/c1-12(22)20-13-3-2-4-15(9-13)25-16-7-8-17-18(10-16)26(23,24)19-11-21(17)14-5-6-14/h2-4,7-10,14,19H,5-6,11H2,1H3,(H,20,22). The molecule has 0 spiro atoms. The van der Waals surface area contributed by atoms with Gasteiger partial charge >= 0.3 is 0 Å². The zero-order valence-corrected chi connectivity index (χ0v) is 15.0. The van der Waals surface area contributed by atoms with Gasteiger partial charge in [0.15, 0.2) is 0 Å². The molecule has 1 fully saturated rings. The SMILES string of the molecule is CC(=O)Nc1cccc(Oc2ccc3c(c2)S(=O)(=O)NCN3C2CC2)c1. The lowest BCUT2D eigenvalue weighted by atomic mass is 10.2. The summed E-state index contributed by atoms with van der Waals surface area (Å²) in [5.41, 5.74) is 1.33. The molecule has 2 aliphatic rings. The number of nitrogens with zero attached hydrogens (tertiary/aromatic N) is 1. The Morgan fingerprint density at radius 3 is 2.69 bits per heavy atom. The maximum Gasteiger partial charge on any atom is 0.244 e. The van der Waals surface area contributed by atoms with Crippen molar-refractivity contribution < 1.29 is 17.9 Å². The van der Waals surface area contributed by atoms with Gasteiger partial charge < -0.3 is 15.0 Å². The number of benzene rings is 2. The van der Waals surface area contributed by atoms with E-state index in [4.69, 9.17) is 4.74 Å². The summed E-state index contributed by atoms with van der Waals surface area (Å²) in [6.45, 7) is 1.74. The van der Waals surface area contributed by atoms with Gasteiger partial charge in [0.1, 0.15) is 16.4 Å². The Hall–Kier alpha value is -2.58. The van der Waals surface area contributed by atoms with Crippen LogP contribution in [0.2, 0.25) is 0 Å². The third-order valence-electron chi connectivity index (χ3n) is 4.33. The molecule has 1 amide bonds. The average Bonchev–Trinajstić information content (AvgIpc) is 3.40. The number of anilines is 2. The highest BCUT2D eigenvalue weighted by atomic mass is 32.2. The summed E-state index contributed by atoms with van der Waals surface area (Å²) in [6.07, 6.45) is 2.16. The molecule has 2 aromatic rings. The Morgan fingerprint density at radius 2 is 1.96 bits per heavy atom. The molecule has 1 aliphatic heterocycles. The van der Waals surface area contributed by atoms with Crippen molar-refractivity contribution in [2.75, 3.05) is 16.9 Å². The molecule has 0 aromatic heterocycles. The second kappa shape index (κ2) is 6.30. The minimum Gasteiger partial charge on any atom is -0.457 e. The lowest BCUT2D eigenvalue weighted by molar-refractivity contribution is -0.114. The van der Waals surface area contributed by atoms with Gasteiger partial charge in [0, 0.05) is 30.8 Å². The van der Waals surface area contributed by atoms with Gasteiger partial charge in [0.25, 0.3) is 0 Å². The molecule has 4 rings (SSSR count). The molecule has 0 saturated heterocycles. The fraction of sp³-hybridized carbons (Fsp3) is 0.278. The molecule has 0 unspecified atom stereocenters. The molecule has 1 aliphatic carbocycles. The van der Waals surface area contributed by atoms with Crippen LogP contribution in [0.3, 0.4) is 0 Å². The van der Waals surface area contributed by atoms with E-state index in [0.29, 0.717) is 35.6 Å². The van der Waals surface area contributed by atoms with E-state index < -0.39 is 10.0 Å². The van der Waals surface area contributed by atoms with Crippen molar-refractivity contribution in [3.63, 3.8) is 0 Å². The number of rotatable bonds is 4. The number of carbonyl (C=O) groups is 1. The molecule has 1 heterocycles. The molecule has 2 N–H and O–H groups in total. The topological polar surface area (TPSA) is 87.7 Å². The van der Waals surface area contributed by atoms with Gasteiger partial charge in [-0.3, -0.25) is 4.79 Å². The summed E-state index contributed by atoms with van der Waals surface area (Å²) in [6, 6.07) is 12.4. The molecule has 8 heteroatoms. The summed E-state index contributed by atoms with van der Waals surface area (Å²) in [5, 5.41) is 2.69. The van der Waals surface area contributed by atoms with E-state index in [0.717, 1.165) is 12.8 Å². The third-order valence-corrected chi connectivity index (χ3v) is 5.75. The van der Waals surface area contributed by atoms with Gasteiger partial charge in [-0.15, -0.1) is 0 Å². The van der Waals surface area contributed by atoms with Crippen LogP contribution in [0.25, 0.3) is 0 Å². The van der Waals surface area contributed by atoms with Crippen LogP contribution in [-0.4, -0.2) is 27.0 Å². The van der Waals surface area contributed by atoms with Crippen LogP contribution < -0.4 is 19.7 Å². The minimum absolute atomic E-state index is 0.173. The first-order valence-corrected chi connectivity index (χ1v) is 9.86. The van der Waals surface area contributed by atoms with Crippen molar-refractivity contribution in [2.24, 2.45) is 0 Å². The van der Waals surface area contributed by atoms with Crippen LogP contribution in [-0.2, 0) is 14.8 Å². The summed E-state index contributed by atoms with van der Waals surface area (Å²) in [7, 11) is -3.55. The van der Waals surface area contributed by atoms with Crippen LogP contribution >= 0.6 is 0 Å². The zero-order chi connectivity index (χ0) is 18.3. The monoisotopic (exact) mass is 373 g/mol. The van der Waals surface area contributed by atoms with E-state index in [9.17, 15) is 13.2 Å². The van der Waals surface area contributed by atoms with Crippen molar-refractivity contribution in [2.45, 2.75) is 30.7 Å². The van der Waals surface area contributed by atoms with E-state index in [2.05, 4.69) is 14.9 Å². The number of amides is 1. The number of fused-ring (bicyclic) bond motifs is 1. The van der Waals surface area contributed by atoms with Gasteiger partial charge in [-0.25, -0.2) is 8.42 Å². The Kier molecular flexibility index (Phi) is 4.08. The third kappa shape index (κ3) is 3.38. The number of hydrogen-bond donors (Lipinski definition) is 2. The number of ether oxygens (including phenoxy) is 1. The lowest BCUT2D eigenvalue weighted by Crippen LogP contribution is -2.44. The first-order valence-electron chi connectivity index (χ1n) is 8.38. The summed E-state index contributed by atoms with van der Waals surface area (Å²) in [4.78, 5) is 13.5. The van der Waals surface area contributed by atoms with Crippen molar-refractivity contribution >= 4 is 27.3 Å². The smallest absolute Gasteiger partial charge is 0.244 e. The van der Waals surface area contributed by atoms with Gasteiger partial charge in [-0.1, -0.05) is 6.07 Å². The summed E-state index contributed by atoms with van der Waals surface area (Å²) < 4.78 is 33.2. The van der Waals surface area contributed by atoms with Crippen LogP contribution in [0, 0.1) is 0 Å². The quantitative estimate of drug-likeness (QED) is 0.860. The Bertz CT molecular complexity index is 970. The largest absolute Gasteiger partial charge is 0.457 e. The molecule has 26 heavy (non-hydrogen) atoms. The average molecular weight is 373 g/mol. The van der Waals surface area contributed by atoms with Crippen LogP contribution in [0.15, 0.2) is 47.4 Å². The van der Waals surface area contributed by atoms with Crippen molar-refractivity contribution in [3.8, 4) is 11.5 Å². The van der Waals surface area contributed by atoms with E-state index in [1.165, 1.54) is 13.0 Å². The first kappa shape index (κ1) is 16.9. The molecule has 0 bridgehead atoms. The molecule has 0 radical (unpaired) electrons. The van der Waals surface area contributed by atoms with Gasteiger partial charge in [0.05, 0.1) is 12.4 Å². The molecule has 2 aromatic carbocycles. The highest BCUT2D eigenvalue weighted by Gasteiger charge is 2.36. The highest BCUT2D eigenvalue weighted by Crippen LogP contribution is 2.39. The van der Waals surface area contributed by atoms with Crippen LogP contribution in [0.1, 0.15) is 19.8 Å². The highest BCUT2D eigenvalue weighted by molar-refractivity contribution is 7.89. The Balaban J connectivity index is 1.64. The maximum absolute atomic E-state index is 12.4. The van der Waals surface area contributed by atoms with Gasteiger partial charge in [0.2, 0.25) is 15.9 Å². The fourth-order valence-electron chi connectivity index (χ4n) is 3.02. The van der Waals surface area contributed by atoms with Crippen molar-refractivity contribution in [3.05, 3.63) is 42.5 Å². The van der Waals surface area contributed by atoms with E-state index in [1.54, 1.807) is 36.4 Å². The maximum atomic E-state index is 12.4. The molecular weight excluding hydrogens is 354 g/mol. The van der Waals surface area contributed by atoms with Crippen molar-refractivity contribution in [1.82, 2.24) is 4.72 Å². The number of sulfonamides is 1. The molecule has 136 valence electrons. The second-order valence-corrected chi connectivity index (χ2v) is 8.18. The number of nitrogens with one attached hydrogen (secondary N) is 2. The minimum atomic E-state index is -3.55.